The SMILES string of the molecule is COc1ccc(O)cc1CF. The number of phenolic OH excluding ortho intramolecular Hbond substituents is 1. The summed E-state index contributed by atoms with van der Waals surface area (Å²) in [6.45, 7) is -0.627. The maximum atomic E-state index is 12.2. The lowest BCUT2D eigenvalue weighted by Crippen LogP contribution is -1.88. The predicted molar refractivity (Wildman–Crippen MR) is 39.5 cm³/mol. The van der Waals surface area contributed by atoms with Gasteiger partial charge in [-0.15, -0.1) is 0 Å². The van der Waals surface area contributed by atoms with Gasteiger partial charge in [-0.05, 0) is 18.2 Å². The molecule has 0 bridgehead atoms. The molecule has 3 heteroatoms. The van der Waals surface area contributed by atoms with Gasteiger partial charge < -0.3 is 9.84 Å². The van der Waals surface area contributed by atoms with Crippen molar-refractivity contribution in [2.24, 2.45) is 0 Å². The summed E-state index contributed by atoms with van der Waals surface area (Å²) >= 11 is 0. The van der Waals surface area contributed by atoms with Gasteiger partial charge in [0.05, 0.1) is 7.11 Å². The van der Waals surface area contributed by atoms with Gasteiger partial charge in [-0.25, -0.2) is 4.39 Å². The minimum atomic E-state index is -0.627. The highest BCUT2D eigenvalue weighted by Crippen LogP contribution is 2.23. The molecule has 0 aliphatic carbocycles. The van der Waals surface area contributed by atoms with Gasteiger partial charge in [0.25, 0.3) is 0 Å². The molecule has 0 spiro atoms. The molecule has 0 unspecified atom stereocenters. The zero-order chi connectivity index (χ0) is 8.27. The smallest absolute Gasteiger partial charge is 0.124 e. The first kappa shape index (κ1) is 7.85. The van der Waals surface area contributed by atoms with Gasteiger partial charge in [0, 0.05) is 5.56 Å². The maximum Gasteiger partial charge on any atom is 0.124 e. The van der Waals surface area contributed by atoms with E-state index in [1.54, 1.807) is 0 Å². The molecule has 0 aliphatic rings. The van der Waals surface area contributed by atoms with Crippen molar-refractivity contribution in [2.75, 3.05) is 7.11 Å². The molecule has 0 atom stereocenters. The molecule has 0 heterocycles. The number of methoxy groups -OCH3 is 1. The van der Waals surface area contributed by atoms with Crippen molar-refractivity contribution in [1.29, 1.82) is 0 Å². The summed E-state index contributed by atoms with van der Waals surface area (Å²) in [5.41, 5.74) is 0.368. The molecule has 1 aromatic rings. The fourth-order valence-electron chi connectivity index (χ4n) is 0.869. The molecular weight excluding hydrogens is 147 g/mol. The van der Waals surface area contributed by atoms with E-state index in [2.05, 4.69) is 0 Å². The van der Waals surface area contributed by atoms with Crippen molar-refractivity contribution in [3.05, 3.63) is 23.8 Å². The van der Waals surface area contributed by atoms with E-state index in [9.17, 15) is 4.39 Å². The first-order valence-corrected chi connectivity index (χ1v) is 3.19. The van der Waals surface area contributed by atoms with Crippen LogP contribution in [-0.4, -0.2) is 12.2 Å². The lowest BCUT2D eigenvalue weighted by atomic mass is 10.2. The van der Waals surface area contributed by atoms with Crippen molar-refractivity contribution in [2.45, 2.75) is 6.67 Å². The van der Waals surface area contributed by atoms with Crippen molar-refractivity contribution in [3.8, 4) is 11.5 Å². The summed E-state index contributed by atoms with van der Waals surface area (Å²) < 4.78 is 17.0. The topological polar surface area (TPSA) is 29.5 Å². The summed E-state index contributed by atoms with van der Waals surface area (Å²) in [6.07, 6.45) is 0. The van der Waals surface area contributed by atoms with Crippen LogP contribution in [0.1, 0.15) is 5.56 Å². The van der Waals surface area contributed by atoms with Crippen molar-refractivity contribution < 1.29 is 14.2 Å². The number of rotatable bonds is 2. The van der Waals surface area contributed by atoms with Crippen LogP contribution in [0.25, 0.3) is 0 Å². The largest absolute Gasteiger partial charge is 0.508 e. The Balaban J connectivity index is 3.06. The van der Waals surface area contributed by atoms with Crippen LogP contribution >= 0.6 is 0 Å². The normalized spacial score (nSPS) is 9.64. The second kappa shape index (κ2) is 3.23. The average molecular weight is 156 g/mol. The van der Waals surface area contributed by atoms with Gasteiger partial charge >= 0.3 is 0 Å². The molecule has 11 heavy (non-hydrogen) atoms. The zero-order valence-corrected chi connectivity index (χ0v) is 6.17. The van der Waals surface area contributed by atoms with Crippen LogP contribution in [0, 0.1) is 0 Å². The van der Waals surface area contributed by atoms with Crippen molar-refractivity contribution >= 4 is 0 Å². The number of alkyl halides is 1. The summed E-state index contributed by atoms with van der Waals surface area (Å²) in [6, 6.07) is 4.33. The van der Waals surface area contributed by atoms with E-state index in [1.807, 2.05) is 0 Å². The highest BCUT2D eigenvalue weighted by atomic mass is 19.1. The van der Waals surface area contributed by atoms with E-state index >= 15 is 0 Å². The van der Waals surface area contributed by atoms with Crippen LogP contribution in [0.4, 0.5) is 4.39 Å². The third-order valence-corrected chi connectivity index (χ3v) is 1.41. The predicted octanol–water partition coefficient (Wildman–Crippen LogP) is 1.87. The molecule has 0 saturated carbocycles. The van der Waals surface area contributed by atoms with Crippen LogP contribution in [-0.2, 0) is 6.67 Å². The van der Waals surface area contributed by atoms with Crippen LogP contribution < -0.4 is 4.74 Å². The number of hydrogen-bond acceptors (Lipinski definition) is 2. The van der Waals surface area contributed by atoms with Gasteiger partial charge in [-0.1, -0.05) is 0 Å². The third kappa shape index (κ3) is 1.61. The van der Waals surface area contributed by atoms with Crippen LogP contribution in [0.5, 0.6) is 11.5 Å². The van der Waals surface area contributed by atoms with Crippen molar-refractivity contribution in [3.63, 3.8) is 0 Å². The monoisotopic (exact) mass is 156 g/mol. The lowest BCUT2D eigenvalue weighted by Gasteiger charge is -2.04. The summed E-state index contributed by atoms with van der Waals surface area (Å²) in [7, 11) is 1.46. The minimum Gasteiger partial charge on any atom is -0.508 e. The van der Waals surface area contributed by atoms with E-state index in [-0.39, 0.29) is 5.75 Å². The highest BCUT2D eigenvalue weighted by molar-refractivity contribution is 5.39. The van der Waals surface area contributed by atoms with Gasteiger partial charge in [-0.3, -0.25) is 0 Å². The second-order valence-corrected chi connectivity index (χ2v) is 2.13. The van der Waals surface area contributed by atoms with Gasteiger partial charge in [0.15, 0.2) is 0 Å². The second-order valence-electron chi connectivity index (χ2n) is 2.13. The van der Waals surface area contributed by atoms with E-state index < -0.39 is 6.67 Å². The summed E-state index contributed by atoms with van der Waals surface area (Å²) in [5, 5.41) is 8.94. The van der Waals surface area contributed by atoms with E-state index in [4.69, 9.17) is 9.84 Å². The molecule has 60 valence electrons. The molecule has 0 aromatic heterocycles. The van der Waals surface area contributed by atoms with Gasteiger partial charge in [-0.2, -0.15) is 0 Å². The quantitative estimate of drug-likeness (QED) is 0.708. The molecule has 2 nitrogen and oxygen atoms in total. The molecular formula is C8H9FO2. The van der Waals surface area contributed by atoms with E-state index in [1.165, 1.54) is 25.3 Å². The minimum absolute atomic E-state index is 0.0541. The summed E-state index contributed by atoms with van der Waals surface area (Å²) in [5.74, 6) is 0.517. The number of hydrogen-bond donors (Lipinski definition) is 1. The van der Waals surface area contributed by atoms with Crippen molar-refractivity contribution in [1.82, 2.24) is 0 Å². The van der Waals surface area contributed by atoms with Gasteiger partial charge in [0.1, 0.15) is 18.2 Å². The molecule has 0 radical (unpaired) electrons. The Morgan fingerprint density at radius 3 is 2.82 bits per heavy atom. The molecule has 0 fully saturated rings. The van der Waals surface area contributed by atoms with Crippen LogP contribution in [0.2, 0.25) is 0 Å². The Hall–Kier alpha value is -1.25. The molecule has 0 aliphatic heterocycles. The Morgan fingerprint density at radius 1 is 1.55 bits per heavy atom. The number of benzene rings is 1. The fourth-order valence-corrected chi connectivity index (χ4v) is 0.869. The standard InChI is InChI=1S/C8H9FO2/c1-11-8-3-2-7(10)4-6(8)5-9/h2-4,10H,5H2,1H3. The third-order valence-electron chi connectivity index (χ3n) is 1.41. The maximum absolute atomic E-state index is 12.2. The molecule has 1 rings (SSSR count). The Morgan fingerprint density at radius 2 is 2.27 bits per heavy atom. The van der Waals surface area contributed by atoms with Crippen LogP contribution in [0.3, 0.4) is 0 Å². The summed E-state index contributed by atoms with van der Waals surface area (Å²) in [4.78, 5) is 0. The molecule has 0 amide bonds. The number of phenols is 1. The molecule has 1 N–H and O–H groups in total. The molecule has 0 saturated heterocycles. The number of halogens is 1. The first-order chi connectivity index (χ1) is 5.27. The number of ether oxygens (including phenoxy) is 1. The van der Waals surface area contributed by atoms with E-state index in [0.29, 0.717) is 11.3 Å². The van der Waals surface area contributed by atoms with Gasteiger partial charge in [0.2, 0.25) is 0 Å². The number of aromatic hydroxyl groups is 1. The van der Waals surface area contributed by atoms with Crippen LogP contribution in [0.15, 0.2) is 18.2 Å². The molecule has 1 aromatic carbocycles. The highest BCUT2D eigenvalue weighted by Gasteiger charge is 2.01. The van der Waals surface area contributed by atoms with E-state index in [0.717, 1.165) is 0 Å². The fraction of sp³-hybridized carbons (Fsp3) is 0.250. The Kier molecular flexibility index (Phi) is 2.31. The lowest BCUT2D eigenvalue weighted by molar-refractivity contribution is 0.390. The Labute approximate surface area is 64.2 Å². The first-order valence-electron chi connectivity index (χ1n) is 3.19. The Bertz CT molecular complexity index is 248. The average Bonchev–Trinajstić information content (AvgIpc) is 2.04. The zero-order valence-electron chi connectivity index (χ0n) is 6.17.